The number of carbonyl (C=O) groups is 1. The molecule has 0 amide bonds. The highest BCUT2D eigenvalue weighted by Crippen LogP contribution is 2.14. The summed E-state index contributed by atoms with van der Waals surface area (Å²) in [6, 6.07) is 5.76. The Kier molecular flexibility index (Phi) is 9.03. The van der Waals surface area contributed by atoms with Gasteiger partial charge in [0.05, 0.1) is 11.4 Å². The predicted molar refractivity (Wildman–Crippen MR) is 84.9 cm³/mol. The van der Waals surface area contributed by atoms with Crippen LogP contribution in [0.3, 0.4) is 0 Å². The summed E-state index contributed by atoms with van der Waals surface area (Å²) in [4.78, 5) is 12.5. The number of halogens is 1. The van der Waals surface area contributed by atoms with Gasteiger partial charge in [0.1, 0.15) is 12.4 Å². The quantitative estimate of drug-likeness (QED) is 0.684. The fraction of sp³-hybridized carbons (Fsp3) is 0.462. The van der Waals surface area contributed by atoms with E-state index < -0.39 is 16.0 Å². The number of sulfonamides is 1. The van der Waals surface area contributed by atoms with Crippen LogP contribution in [0, 0.1) is 0 Å². The molecule has 22 heavy (non-hydrogen) atoms. The summed E-state index contributed by atoms with van der Waals surface area (Å²) in [5.41, 5.74) is 0. The summed E-state index contributed by atoms with van der Waals surface area (Å²) < 4.78 is 27.7. The number of nitrogens with two attached hydrogens (primary N) is 1. The van der Waals surface area contributed by atoms with E-state index in [2.05, 4.69) is 0 Å². The van der Waals surface area contributed by atoms with Crippen molar-refractivity contribution >= 4 is 28.4 Å². The molecule has 0 aliphatic rings. The van der Waals surface area contributed by atoms with Gasteiger partial charge in [0, 0.05) is 6.54 Å². The van der Waals surface area contributed by atoms with Gasteiger partial charge in [-0.05, 0) is 37.2 Å². The molecule has 0 saturated heterocycles. The van der Waals surface area contributed by atoms with Crippen LogP contribution < -0.4 is 9.88 Å². The predicted octanol–water partition coefficient (Wildman–Crippen LogP) is 0.931. The van der Waals surface area contributed by atoms with Crippen molar-refractivity contribution in [2.75, 3.05) is 26.2 Å². The molecule has 1 aromatic rings. The summed E-state index contributed by atoms with van der Waals surface area (Å²) in [5, 5.41) is 13.8. The molecule has 7 nitrogen and oxygen atoms in total. The van der Waals surface area contributed by atoms with Crippen molar-refractivity contribution in [3.05, 3.63) is 24.3 Å². The smallest absolute Gasteiger partial charge is 0.317 e. The molecule has 0 fully saturated rings. The first-order valence-electron chi connectivity index (χ1n) is 6.52. The average molecular weight is 353 g/mol. The van der Waals surface area contributed by atoms with E-state index >= 15 is 0 Å². The number of hydrogen-bond acceptors (Lipinski definition) is 5. The topological polar surface area (TPSA) is 110 Å². The van der Waals surface area contributed by atoms with Gasteiger partial charge in [-0.15, -0.1) is 12.4 Å². The van der Waals surface area contributed by atoms with Crippen LogP contribution in [0.15, 0.2) is 29.2 Å². The van der Waals surface area contributed by atoms with E-state index in [9.17, 15) is 13.2 Å². The molecule has 9 heteroatoms. The van der Waals surface area contributed by atoms with Gasteiger partial charge < -0.3 is 9.84 Å². The minimum Gasteiger partial charge on any atom is -0.492 e. The molecule has 3 N–H and O–H groups in total. The maximum absolute atomic E-state index is 11.1. The fourth-order valence-corrected chi connectivity index (χ4v) is 2.31. The van der Waals surface area contributed by atoms with Gasteiger partial charge in [-0.25, -0.2) is 13.6 Å². The Morgan fingerprint density at radius 2 is 1.86 bits per heavy atom. The molecule has 0 atom stereocenters. The lowest BCUT2D eigenvalue weighted by Gasteiger charge is -2.19. The molecule has 0 unspecified atom stereocenters. The number of carboxylic acids is 1. The Labute approximate surface area is 136 Å². The number of carboxylic acid groups (broad SMARTS) is 1. The van der Waals surface area contributed by atoms with Gasteiger partial charge >= 0.3 is 5.97 Å². The molecule has 126 valence electrons. The number of benzene rings is 1. The molecule has 0 aliphatic carbocycles. The molecule has 0 aliphatic heterocycles. The summed E-state index contributed by atoms with van der Waals surface area (Å²) in [7, 11) is -3.70. The number of hydrogen-bond donors (Lipinski definition) is 2. The monoisotopic (exact) mass is 352 g/mol. The van der Waals surface area contributed by atoms with Crippen LogP contribution in [0.5, 0.6) is 5.75 Å². The largest absolute Gasteiger partial charge is 0.492 e. The lowest BCUT2D eigenvalue weighted by atomic mass is 10.3. The zero-order chi connectivity index (χ0) is 15.9. The Morgan fingerprint density at radius 3 is 2.32 bits per heavy atom. The third-order valence-corrected chi connectivity index (χ3v) is 3.66. The van der Waals surface area contributed by atoms with E-state index in [1.807, 2.05) is 6.92 Å². The first-order chi connectivity index (χ1) is 9.82. The molecule has 0 bridgehead atoms. The molecule has 0 radical (unpaired) electrons. The Hall–Kier alpha value is -1.35. The van der Waals surface area contributed by atoms with Gasteiger partial charge in [-0.2, -0.15) is 0 Å². The van der Waals surface area contributed by atoms with Gasteiger partial charge in [0.2, 0.25) is 10.0 Å². The van der Waals surface area contributed by atoms with Crippen molar-refractivity contribution in [1.82, 2.24) is 4.90 Å². The summed E-state index contributed by atoms with van der Waals surface area (Å²) >= 11 is 0. The molecule has 0 aromatic heterocycles. The van der Waals surface area contributed by atoms with Crippen molar-refractivity contribution in [1.29, 1.82) is 0 Å². The normalized spacial score (nSPS) is 11.0. The fourth-order valence-electron chi connectivity index (χ4n) is 1.80. The van der Waals surface area contributed by atoms with Gasteiger partial charge in [-0.1, -0.05) is 6.92 Å². The number of aliphatic carboxylic acids is 1. The number of nitrogens with zero attached hydrogens (tertiary/aromatic N) is 1. The second-order valence-electron chi connectivity index (χ2n) is 4.53. The Bertz CT molecular complexity index is 562. The SMILES string of the molecule is CCCN(CCOc1ccc(S(N)(=O)=O)cc1)CC(=O)O.Cl. The highest BCUT2D eigenvalue weighted by molar-refractivity contribution is 7.89. The second kappa shape index (κ2) is 9.62. The van der Waals surface area contributed by atoms with Crippen LogP contribution in [-0.4, -0.2) is 50.6 Å². The van der Waals surface area contributed by atoms with Crippen LogP contribution in [0.25, 0.3) is 0 Å². The standard InChI is InChI=1S/C13H20N2O5S.ClH/c1-2-7-15(10-13(16)17)8-9-20-11-3-5-12(6-4-11)21(14,18)19;/h3-6H,2,7-10H2,1H3,(H,16,17)(H2,14,18,19);1H. The maximum Gasteiger partial charge on any atom is 0.317 e. The first kappa shape index (κ1) is 20.6. The Balaban J connectivity index is 0.00000441. The van der Waals surface area contributed by atoms with Crippen molar-refractivity contribution in [3.63, 3.8) is 0 Å². The molecule has 1 aromatic carbocycles. The van der Waals surface area contributed by atoms with Crippen LogP contribution in [0.1, 0.15) is 13.3 Å². The van der Waals surface area contributed by atoms with Crippen molar-refractivity contribution < 1.29 is 23.1 Å². The van der Waals surface area contributed by atoms with E-state index in [1.165, 1.54) is 24.3 Å². The van der Waals surface area contributed by atoms with Crippen LogP contribution in [0.2, 0.25) is 0 Å². The zero-order valence-electron chi connectivity index (χ0n) is 12.3. The molecule has 0 saturated carbocycles. The second-order valence-corrected chi connectivity index (χ2v) is 6.10. The molecular formula is C13H21ClN2O5S. The van der Waals surface area contributed by atoms with E-state index in [-0.39, 0.29) is 23.8 Å². The summed E-state index contributed by atoms with van der Waals surface area (Å²) in [5.74, 6) is -0.366. The third kappa shape index (κ3) is 7.60. The maximum atomic E-state index is 11.1. The number of ether oxygens (including phenoxy) is 1. The van der Waals surface area contributed by atoms with Crippen LogP contribution in [-0.2, 0) is 14.8 Å². The van der Waals surface area contributed by atoms with Gasteiger partial charge in [0.25, 0.3) is 0 Å². The highest BCUT2D eigenvalue weighted by Gasteiger charge is 2.09. The zero-order valence-corrected chi connectivity index (χ0v) is 13.9. The lowest BCUT2D eigenvalue weighted by molar-refractivity contribution is -0.138. The van der Waals surface area contributed by atoms with E-state index in [4.69, 9.17) is 15.0 Å². The highest BCUT2D eigenvalue weighted by atomic mass is 35.5. The van der Waals surface area contributed by atoms with Gasteiger partial charge in [0.15, 0.2) is 0 Å². The summed E-state index contributed by atoms with van der Waals surface area (Å²) in [6.07, 6.45) is 0.857. The lowest BCUT2D eigenvalue weighted by Crippen LogP contribution is -2.34. The minimum absolute atomic E-state index is 0. The molecule has 0 heterocycles. The molecular weight excluding hydrogens is 332 g/mol. The van der Waals surface area contributed by atoms with Crippen LogP contribution in [0.4, 0.5) is 0 Å². The van der Waals surface area contributed by atoms with E-state index in [0.717, 1.165) is 6.42 Å². The summed E-state index contributed by atoms with van der Waals surface area (Å²) in [6.45, 7) is 3.43. The van der Waals surface area contributed by atoms with E-state index in [0.29, 0.717) is 25.4 Å². The molecule has 1 rings (SSSR count). The van der Waals surface area contributed by atoms with Crippen molar-refractivity contribution in [2.24, 2.45) is 5.14 Å². The van der Waals surface area contributed by atoms with E-state index in [1.54, 1.807) is 4.90 Å². The first-order valence-corrected chi connectivity index (χ1v) is 8.07. The number of primary sulfonamides is 1. The van der Waals surface area contributed by atoms with Crippen molar-refractivity contribution in [2.45, 2.75) is 18.2 Å². The molecule has 0 spiro atoms. The van der Waals surface area contributed by atoms with Gasteiger partial charge in [-0.3, -0.25) is 9.69 Å². The number of rotatable bonds is 9. The minimum atomic E-state index is -3.70. The average Bonchev–Trinajstić information content (AvgIpc) is 2.38. The Morgan fingerprint density at radius 1 is 1.27 bits per heavy atom. The van der Waals surface area contributed by atoms with Crippen LogP contribution >= 0.6 is 12.4 Å². The third-order valence-electron chi connectivity index (χ3n) is 2.73. The van der Waals surface area contributed by atoms with Crippen molar-refractivity contribution in [3.8, 4) is 5.75 Å².